The lowest BCUT2D eigenvalue weighted by atomic mass is 10.1. The first kappa shape index (κ1) is 19.5. The molecule has 1 aliphatic rings. The van der Waals surface area contributed by atoms with Gasteiger partial charge in [-0.2, -0.15) is 0 Å². The van der Waals surface area contributed by atoms with Crippen molar-refractivity contribution in [3.05, 3.63) is 0 Å². The molecule has 0 atom stereocenters. The first-order chi connectivity index (χ1) is 11.2. The molecule has 0 aromatic rings. The molecule has 1 fully saturated rings. The maximum Gasteiger partial charge on any atom is 0.409 e. The molecular formula is C16H32N4O3. The van der Waals surface area contributed by atoms with Crippen LogP contribution in [0.1, 0.15) is 39.5 Å². The highest BCUT2D eigenvalue weighted by Crippen LogP contribution is 2.11. The Bertz CT molecular complexity index is 355. The molecule has 1 amide bonds. The minimum Gasteiger partial charge on any atom is -0.450 e. The molecule has 2 N–H and O–H groups in total. The van der Waals surface area contributed by atoms with Crippen molar-refractivity contribution in [1.29, 1.82) is 0 Å². The maximum absolute atomic E-state index is 11.7. The summed E-state index contributed by atoms with van der Waals surface area (Å²) in [5.41, 5.74) is 0. The standard InChI is InChI=1S/C16H32N4O3/c1-4-22-13-7-6-10-18-15(17-3)19-14-8-11-20(12-9-14)16(21)23-5-2/h14H,4-13H2,1-3H3,(H2,17,18,19). The van der Waals surface area contributed by atoms with E-state index in [2.05, 4.69) is 15.6 Å². The second-order valence-electron chi connectivity index (χ2n) is 5.51. The third kappa shape index (κ3) is 8.06. The number of unbranched alkanes of at least 4 members (excludes halogenated alkanes) is 1. The van der Waals surface area contributed by atoms with E-state index >= 15 is 0 Å². The quantitative estimate of drug-likeness (QED) is 0.402. The molecule has 0 bridgehead atoms. The first-order valence-electron chi connectivity index (χ1n) is 8.67. The molecule has 1 rings (SSSR count). The molecule has 1 saturated heterocycles. The van der Waals surface area contributed by atoms with Crippen LogP contribution >= 0.6 is 0 Å². The van der Waals surface area contributed by atoms with Gasteiger partial charge in [-0.05, 0) is 39.5 Å². The fraction of sp³-hybridized carbons (Fsp3) is 0.875. The molecule has 0 radical (unpaired) electrons. The number of nitrogens with zero attached hydrogens (tertiary/aromatic N) is 2. The van der Waals surface area contributed by atoms with Crippen molar-refractivity contribution in [1.82, 2.24) is 15.5 Å². The summed E-state index contributed by atoms with van der Waals surface area (Å²) in [4.78, 5) is 17.7. The van der Waals surface area contributed by atoms with Crippen molar-refractivity contribution in [3.63, 3.8) is 0 Å². The number of likely N-dealkylation sites (tertiary alicyclic amines) is 1. The Morgan fingerprint density at radius 3 is 2.57 bits per heavy atom. The summed E-state index contributed by atoms with van der Waals surface area (Å²) < 4.78 is 10.4. The Labute approximate surface area is 139 Å². The minimum atomic E-state index is -0.206. The molecule has 0 saturated carbocycles. The van der Waals surface area contributed by atoms with E-state index < -0.39 is 0 Å². The van der Waals surface area contributed by atoms with Crippen LogP contribution in [-0.4, -0.2) is 69.5 Å². The summed E-state index contributed by atoms with van der Waals surface area (Å²) in [6.07, 6.45) is 3.72. The summed E-state index contributed by atoms with van der Waals surface area (Å²) >= 11 is 0. The lowest BCUT2D eigenvalue weighted by molar-refractivity contribution is 0.0963. The van der Waals surface area contributed by atoms with Gasteiger partial charge >= 0.3 is 6.09 Å². The summed E-state index contributed by atoms with van der Waals surface area (Å²) in [5.74, 6) is 0.830. The number of ether oxygens (including phenoxy) is 2. The van der Waals surface area contributed by atoms with Crippen LogP contribution in [0.4, 0.5) is 4.79 Å². The highest BCUT2D eigenvalue weighted by Gasteiger charge is 2.23. The van der Waals surface area contributed by atoms with Crippen molar-refractivity contribution in [2.24, 2.45) is 4.99 Å². The molecule has 0 aromatic carbocycles. The SMILES string of the molecule is CCOCCCCNC(=NC)NC1CCN(C(=O)OCC)CC1. The van der Waals surface area contributed by atoms with E-state index in [4.69, 9.17) is 9.47 Å². The van der Waals surface area contributed by atoms with Gasteiger partial charge < -0.3 is 25.0 Å². The van der Waals surface area contributed by atoms with Crippen LogP contribution in [0.5, 0.6) is 0 Å². The predicted molar refractivity (Wildman–Crippen MR) is 91.8 cm³/mol. The number of piperidine rings is 1. The molecule has 7 heteroatoms. The van der Waals surface area contributed by atoms with Crippen LogP contribution < -0.4 is 10.6 Å². The zero-order chi connectivity index (χ0) is 16.9. The average Bonchev–Trinajstić information content (AvgIpc) is 2.57. The molecular weight excluding hydrogens is 296 g/mol. The van der Waals surface area contributed by atoms with Gasteiger partial charge in [0.15, 0.2) is 5.96 Å². The third-order valence-corrected chi connectivity index (χ3v) is 3.80. The number of aliphatic imine (C=N–C) groups is 1. The van der Waals surface area contributed by atoms with E-state index in [1.54, 1.807) is 11.9 Å². The predicted octanol–water partition coefficient (Wildman–Crippen LogP) is 1.59. The fourth-order valence-corrected chi connectivity index (χ4v) is 2.49. The smallest absolute Gasteiger partial charge is 0.409 e. The lowest BCUT2D eigenvalue weighted by Gasteiger charge is -2.32. The molecule has 0 spiro atoms. The van der Waals surface area contributed by atoms with E-state index in [0.29, 0.717) is 12.6 Å². The van der Waals surface area contributed by atoms with E-state index in [1.807, 2.05) is 13.8 Å². The number of carbonyl (C=O) groups excluding carboxylic acids is 1. The molecule has 7 nitrogen and oxygen atoms in total. The molecule has 0 unspecified atom stereocenters. The van der Waals surface area contributed by atoms with Crippen LogP contribution in [0.2, 0.25) is 0 Å². The van der Waals surface area contributed by atoms with Gasteiger partial charge in [-0.15, -0.1) is 0 Å². The second kappa shape index (κ2) is 12.0. The van der Waals surface area contributed by atoms with Crippen molar-refractivity contribution >= 4 is 12.1 Å². The number of hydrogen-bond donors (Lipinski definition) is 2. The zero-order valence-corrected chi connectivity index (χ0v) is 14.8. The number of amides is 1. The van der Waals surface area contributed by atoms with Gasteiger partial charge in [-0.3, -0.25) is 4.99 Å². The van der Waals surface area contributed by atoms with Gasteiger partial charge in [-0.1, -0.05) is 0 Å². The number of rotatable bonds is 8. The van der Waals surface area contributed by atoms with Crippen molar-refractivity contribution in [2.45, 2.75) is 45.6 Å². The Morgan fingerprint density at radius 1 is 1.22 bits per heavy atom. The van der Waals surface area contributed by atoms with Gasteiger partial charge in [0, 0.05) is 45.9 Å². The van der Waals surface area contributed by atoms with Crippen molar-refractivity contribution in [3.8, 4) is 0 Å². The fourth-order valence-electron chi connectivity index (χ4n) is 2.49. The third-order valence-electron chi connectivity index (χ3n) is 3.80. The topological polar surface area (TPSA) is 75.2 Å². The van der Waals surface area contributed by atoms with Crippen molar-refractivity contribution < 1.29 is 14.3 Å². The largest absolute Gasteiger partial charge is 0.450 e. The van der Waals surface area contributed by atoms with E-state index in [0.717, 1.165) is 64.5 Å². The molecule has 1 heterocycles. The Morgan fingerprint density at radius 2 is 1.96 bits per heavy atom. The van der Waals surface area contributed by atoms with Gasteiger partial charge in [0.25, 0.3) is 0 Å². The Balaban J connectivity index is 2.18. The number of guanidine groups is 1. The summed E-state index contributed by atoms with van der Waals surface area (Å²) in [7, 11) is 1.78. The van der Waals surface area contributed by atoms with E-state index in [1.165, 1.54) is 0 Å². The summed E-state index contributed by atoms with van der Waals surface area (Å²) in [5, 5.41) is 6.75. The highest BCUT2D eigenvalue weighted by molar-refractivity contribution is 5.80. The second-order valence-corrected chi connectivity index (χ2v) is 5.51. The Hall–Kier alpha value is -1.50. The molecule has 23 heavy (non-hydrogen) atoms. The van der Waals surface area contributed by atoms with Crippen LogP contribution in [0.25, 0.3) is 0 Å². The van der Waals surface area contributed by atoms with Gasteiger partial charge in [0.2, 0.25) is 0 Å². The van der Waals surface area contributed by atoms with E-state index in [-0.39, 0.29) is 6.09 Å². The molecule has 0 aliphatic carbocycles. The zero-order valence-electron chi connectivity index (χ0n) is 14.8. The Kier molecular flexibility index (Phi) is 10.2. The van der Waals surface area contributed by atoms with E-state index in [9.17, 15) is 4.79 Å². The van der Waals surface area contributed by atoms with Gasteiger partial charge in [0.1, 0.15) is 0 Å². The molecule has 1 aliphatic heterocycles. The van der Waals surface area contributed by atoms with Crippen LogP contribution in [0.3, 0.4) is 0 Å². The number of hydrogen-bond acceptors (Lipinski definition) is 4. The molecule has 0 aromatic heterocycles. The molecule has 134 valence electrons. The van der Waals surface area contributed by atoms with Crippen LogP contribution in [-0.2, 0) is 9.47 Å². The summed E-state index contributed by atoms with van der Waals surface area (Å²) in [6.45, 7) is 8.19. The number of carbonyl (C=O) groups is 1. The normalized spacial score (nSPS) is 16.3. The summed E-state index contributed by atoms with van der Waals surface area (Å²) in [6, 6.07) is 0.343. The minimum absolute atomic E-state index is 0.206. The highest BCUT2D eigenvalue weighted by atomic mass is 16.6. The van der Waals surface area contributed by atoms with Crippen molar-refractivity contribution in [2.75, 3.05) is 46.5 Å². The van der Waals surface area contributed by atoms with Crippen LogP contribution in [0, 0.1) is 0 Å². The average molecular weight is 328 g/mol. The monoisotopic (exact) mass is 328 g/mol. The first-order valence-corrected chi connectivity index (χ1v) is 8.67. The maximum atomic E-state index is 11.7. The van der Waals surface area contributed by atoms with Gasteiger partial charge in [0.05, 0.1) is 6.61 Å². The number of nitrogens with one attached hydrogen (secondary N) is 2. The lowest BCUT2D eigenvalue weighted by Crippen LogP contribution is -2.50. The van der Waals surface area contributed by atoms with Gasteiger partial charge in [-0.25, -0.2) is 4.79 Å². The van der Waals surface area contributed by atoms with Crippen LogP contribution in [0.15, 0.2) is 4.99 Å².